The van der Waals surface area contributed by atoms with Crippen LogP contribution in [0, 0.1) is 5.92 Å². The minimum atomic E-state index is 0.960. The zero-order valence-electron chi connectivity index (χ0n) is 5.52. The normalized spacial score (nSPS) is 30.3. The van der Waals surface area contributed by atoms with Crippen molar-refractivity contribution in [2.45, 2.75) is 16.8 Å². The van der Waals surface area contributed by atoms with Crippen molar-refractivity contribution in [1.29, 1.82) is 0 Å². The Hall–Kier alpha value is 0.690. The van der Waals surface area contributed by atoms with E-state index in [1.165, 1.54) is 32.5 Å². The molecule has 0 aromatic carbocycles. The van der Waals surface area contributed by atoms with Gasteiger partial charge in [-0.15, -0.1) is 0 Å². The van der Waals surface area contributed by atoms with Crippen molar-refractivity contribution in [1.82, 2.24) is 4.90 Å². The fourth-order valence-corrected chi connectivity index (χ4v) is 2.44. The first kappa shape index (κ1) is 6.40. The van der Waals surface area contributed by atoms with Crippen LogP contribution in [0.1, 0.15) is 12.8 Å². The number of hydrogen-bond donors (Lipinski definition) is 0. The predicted octanol–water partition coefficient (Wildman–Crippen LogP) is 1.52. The van der Waals surface area contributed by atoms with E-state index in [1.54, 1.807) is 0 Å². The summed E-state index contributed by atoms with van der Waals surface area (Å²) in [6.07, 6.45) is 3.00. The van der Waals surface area contributed by atoms with Crippen LogP contribution in [0.2, 0.25) is 0 Å². The van der Waals surface area contributed by atoms with Crippen molar-refractivity contribution >= 4 is 22.6 Å². The first-order chi connectivity index (χ1) is 4.34. The highest BCUT2D eigenvalue weighted by Gasteiger charge is 2.30. The smallest absolute Gasteiger partial charge is 0.0364 e. The Morgan fingerprint density at radius 2 is 2.00 bits per heavy atom. The van der Waals surface area contributed by atoms with Gasteiger partial charge in [-0.1, -0.05) is 22.6 Å². The Bertz CT molecular complexity index is 105. The Kier molecular flexibility index (Phi) is 1.69. The maximum Gasteiger partial charge on any atom is 0.0364 e. The summed E-state index contributed by atoms with van der Waals surface area (Å²) in [6, 6.07) is 0. The van der Waals surface area contributed by atoms with Gasteiger partial charge in [0.15, 0.2) is 0 Å². The molecule has 2 fully saturated rings. The third kappa shape index (κ3) is 1.58. The molecule has 0 bridgehead atoms. The van der Waals surface area contributed by atoms with E-state index in [0.717, 1.165) is 9.84 Å². The molecule has 0 unspecified atom stereocenters. The van der Waals surface area contributed by atoms with E-state index < -0.39 is 0 Å². The molecule has 0 N–H and O–H groups in total. The van der Waals surface area contributed by atoms with E-state index in [0.29, 0.717) is 0 Å². The SMILES string of the molecule is IC1CN(CC2CC2)C1. The van der Waals surface area contributed by atoms with Gasteiger partial charge in [0, 0.05) is 23.6 Å². The maximum absolute atomic E-state index is 2.58. The fourth-order valence-electron chi connectivity index (χ4n) is 1.32. The first-order valence-corrected chi connectivity index (χ1v) is 4.95. The molecule has 0 amide bonds. The lowest BCUT2D eigenvalue weighted by molar-refractivity contribution is 0.189. The van der Waals surface area contributed by atoms with Gasteiger partial charge in [-0.05, 0) is 18.8 Å². The molecule has 2 heteroatoms. The van der Waals surface area contributed by atoms with Crippen LogP contribution >= 0.6 is 22.6 Å². The van der Waals surface area contributed by atoms with Crippen LogP contribution < -0.4 is 0 Å². The molecule has 1 aliphatic heterocycles. The Morgan fingerprint density at radius 3 is 2.44 bits per heavy atom. The van der Waals surface area contributed by atoms with Gasteiger partial charge in [0.25, 0.3) is 0 Å². The lowest BCUT2D eigenvalue weighted by Crippen LogP contribution is -2.48. The molecule has 0 atom stereocenters. The van der Waals surface area contributed by atoms with Gasteiger partial charge in [-0.25, -0.2) is 0 Å². The van der Waals surface area contributed by atoms with Crippen LogP contribution in [0.5, 0.6) is 0 Å². The minimum Gasteiger partial charge on any atom is -0.301 e. The van der Waals surface area contributed by atoms with Crippen LogP contribution in [-0.2, 0) is 0 Å². The molecular formula is C7H12IN. The van der Waals surface area contributed by atoms with Gasteiger partial charge in [0.1, 0.15) is 0 Å². The Morgan fingerprint density at radius 1 is 1.33 bits per heavy atom. The lowest BCUT2D eigenvalue weighted by atomic mass is 10.2. The highest BCUT2D eigenvalue weighted by molar-refractivity contribution is 14.1. The van der Waals surface area contributed by atoms with Gasteiger partial charge in [-0.2, -0.15) is 0 Å². The number of hydrogen-bond acceptors (Lipinski definition) is 1. The molecule has 1 aliphatic carbocycles. The van der Waals surface area contributed by atoms with Crippen LogP contribution in [-0.4, -0.2) is 28.5 Å². The largest absolute Gasteiger partial charge is 0.301 e. The second kappa shape index (κ2) is 2.38. The molecule has 1 nitrogen and oxygen atoms in total. The highest BCUT2D eigenvalue weighted by atomic mass is 127. The van der Waals surface area contributed by atoms with Crippen LogP contribution in [0.4, 0.5) is 0 Å². The predicted molar refractivity (Wildman–Crippen MR) is 47.0 cm³/mol. The summed E-state index contributed by atoms with van der Waals surface area (Å²) < 4.78 is 0.960. The third-order valence-electron chi connectivity index (χ3n) is 2.13. The van der Waals surface area contributed by atoms with E-state index in [9.17, 15) is 0 Å². The fraction of sp³-hybridized carbons (Fsp3) is 1.00. The van der Waals surface area contributed by atoms with Gasteiger partial charge in [-0.3, -0.25) is 0 Å². The average molecular weight is 237 g/mol. The van der Waals surface area contributed by atoms with E-state index in [-0.39, 0.29) is 0 Å². The van der Waals surface area contributed by atoms with Crippen molar-refractivity contribution < 1.29 is 0 Å². The molecule has 1 heterocycles. The quantitative estimate of drug-likeness (QED) is 0.519. The summed E-state index contributed by atoms with van der Waals surface area (Å²) >= 11 is 2.53. The highest BCUT2D eigenvalue weighted by Crippen LogP contribution is 2.31. The molecular weight excluding hydrogens is 225 g/mol. The average Bonchev–Trinajstić information content (AvgIpc) is 2.45. The molecule has 1 saturated carbocycles. The molecule has 0 aromatic heterocycles. The molecule has 2 aliphatic rings. The summed E-state index contributed by atoms with van der Waals surface area (Å²) in [5.41, 5.74) is 0. The Balaban J connectivity index is 1.64. The topological polar surface area (TPSA) is 3.24 Å². The maximum atomic E-state index is 2.58. The summed E-state index contributed by atoms with van der Waals surface area (Å²) in [5, 5.41) is 0. The standard InChI is InChI=1S/C7H12IN/c8-7-4-9(5-7)3-6-1-2-6/h6-7H,1-5H2. The molecule has 0 spiro atoms. The molecule has 2 rings (SSSR count). The van der Waals surface area contributed by atoms with Crippen LogP contribution in [0.25, 0.3) is 0 Å². The van der Waals surface area contributed by atoms with Crippen molar-refractivity contribution in [3.05, 3.63) is 0 Å². The lowest BCUT2D eigenvalue weighted by Gasteiger charge is -2.35. The van der Waals surface area contributed by atoms with Crippen LogP contribution in [0.3, 0.4) is 0 Å². The first-order valence-electron chi connectivity index (χ1n) is 3.71. The van der Waals surface area contributed by atoms with Gasteiger partial charge in [0.2, 0.25) is 0 Å². The van der Waals surface area contributed by atoms with Crippen molar-refractivity contribution in [3.63, 3.8) is 0 Å². The summed E-state index contributed by atoms with van der Waals surface area (Å²) in [6.45, 7) is 4.12. The van der Waals surface area contributed by atoms with Crippen molar-refractivity contribution in [3.8, 4) is 0 Å². The van der Waals surface area contributed by atoms with Gasteiger partial charge in [0.05, 0.1) is 0 Å². The van der Waals surface area contributed by atoms with E-state index >= 15 is 0 Å². The number of halogens is 1. The zero-order valence-corrected chi connectivity index (χ0v) is 7.67. The van der Waals surface area contributed by atoms with E-state index in [2.05, 4.69) is 27.5 Å². The third-order valence-corrected chi connectivity index (χ3v) is 2.91. The number of nitrogens with zero attached hydrogens (tertiary/aromatic N) is 1. The molecule has 1 saturated heterocycles. The van der Waals surface area contributed by atoms with Crippen molar-refractivity contribution in [2.75, 3.05) is 19.6 Å². The number of likely N-dealkylation sites (tertiary alicyclic amines) is 1. The molecule has 52 valence electrons. The monoisotopic (exact) mass is 237 g/mol. The zero-order chi connectivity index (χ0) is 6.27. The van der Waals surface area contributed by atoms with Crippen LogP contribution in [0.15, 0.2) is 0 Å². The minimum absolute atomic E-state index is 0.960. The van der Waals surface area contributed by atoms with Gasteiger partial charge < -0.3 is 4.90 Å². The van der Waals surface area contributed by atoms with Crippen molar-refractivity contribution in [2.24, 2.45) is 5.92 Å². The van der Waals surface area contributed by atoms with E-state index in [1.807, 2.05) is 0 Å². The molecule has 0 aromatic rings. The number of rotatable bonds is 2. The second-order valence-electron chi connectivity index (χ2n) is 3.26. The van der Waals surface area contributed by atoms with Gasteiger partial charge >= 0.3 is 0 Å². The summed E-state index contributed by atoms with van der Waals surface area (Å²) in [4.78, 5) is 2.58. The second-order valence-corrected chi connectivity index (χ2v) is 5.02. The molecule has 9 heavy (non-hydrogen) atoms. The Labute approximate surface area is 69.9 Å². The summed E-state index contributed by atoms with van der Waals surface area (Å²) in [7, 11) is 0. The molecule has 0 radical (unpaired) electrons. The summed E-state index contributed by atoms with van der Waals surface area (Å²) in [5.74, 6) is 1.09. The van der Waals surface area contributed by atoms with E-state index in [4.69, 9.17) is 0 Å². The number of alkyl halides is 1.